The molecule has 0 aliphatic carbocycles. The Labute approximate surface area is 159 Å². The zero-order valence-electron chi connectivity index (χ0n) is 13.8. The molecule has 2 aromatic heterocycles. The van der Waals surface area contributed by atoms with E-state index in [9.17, 15) is 0 Å². The quantitative estimate of drug-likeness (QED) is 0.650. The average molecular weight is 422 g/mol. The summed E-state index contributed by atoms with van der Waals surface area (Å²) in [5, 5.41) is 7.98. The third-order valence-corrected chi connectivity index (χ3v) is 5.47. The van der Waals surface area contributed by atoms with E-state index in [1.807, 2.05) is 22.7 Å². The number of anilines is 1. The Morgan fingerprint density at radius 2 is 2.16 bits per heavy atom. The smallest absolute Gasteiger partial charge is 0.243 e. The van der Waals surface area contributed by atoms with Crippen LogP contribution in [0.25, 0.3) is 5.52 Å². The van der Waals surface area contributed by atoms with Gasteiger partial charge in [-0.05, 0) is 58.4 Å². The zero-order valence-corrected chi connectivity index (χ0v) is 16.1. The van der Waals surface area contributed by atoms with Crippen LogP contribution in [0.2, 0.25) is 5.28 Å². The van der Waals surface area contributed by atoms with E-state index >= 15 is 0 Å². The van der Waals surface area contributed by atoms with Gasteiger partial charge < -0.3 is 10.1 Å². The summed E-state index contributed by atoms with van der Waals surface area (Å²) in [7, 11) is 0. The highest BCUT2D eigenvalue weighted by Crippen LogP contribution is 2.40. The van der Waals surface area contributed by atoms with Gasteiger partial charge in [0.05, 0.1) is 6.10 Å². The van der Waals surface area contributed by atoms with E-state index in [2.05, 4.69) is 50.4 Å². The lowest BCUT2D eigenvalue weighted by molar-refractivity contribution is 0.111. The van der Waals surface area contributed by atoms with E-state index in [1.165, 1.54) is 5.56 Å². The fraction of sp³-hybridized carbons (Fsp3) is 0.333. The molecule has 3 aromatic rings. The van der Waals surface area contributed by atoms with Crippen LogP contribution >= 0.6 is 27.5 Å². The third-order valence-electron chi connectivity index (χ3n) is 4.54. The molecule has 0 saturated carbocycles. The molecule has 0 radical (unpaired) electrons. The van der Waals surface area contributed by atoms with Gasteiger partial charge in [-0.3, -0.25) is 0 Å². The van der Waals surface area contributed by atoms with Gasteiger partial charge in [-0.15, -0.1) is 5.10 Å². The molecule has 5 nitrogen and oxygen atoms in total. The van der Waals surface area contributed by atoms with Crippen LogP contribution < -0.4 is 5.32 Å². The molecule has 1 N–H and O–H groups in total. The molecule has 0 amide bonds. The summed E-state index contributed by atoms with van der Waals surface area (Å²) in [6, 6.07) is 10.2. The maximum Gasteiger partial charge on any atom is 0.243 e. The topological polar surface area (TPSA) is 51.5 Å². The van der Waals surface area contributed by atoms with E-state index in [4.69, 9.17) is 16.3 Å². The van der Waals surface area contributed by atoms with Gasteiger partial charge in [0.25, 0.3) is 0 Å². The zero-order chi connectivity index (χ0) is 17.4. The van der Waals surface area contributed by atoms with Crippen molar-refractivity contribution in [3.8, 4) is 0 Å². The summed E-state index contributed by atoms with van der Waals surface area (Å²) in [6.07, 6.45) is 2.19. The minimum absolute atomic E-state index is 0.0943. The standard InChI is InChI=1S/C18H18BrClN4O/c1-11-14(13-8-5-9-25-13)16(19)24-15(11)17(22-18(20)23-24)21-10-12-6-3-2-4-7-12/h2-4,6-7,13H,5,8-10H2,1H3,(H,21,22,23). The SMILES string of the molecule is Cc1c(C2CCCO2)c(Br)n2nc(Cl)nc(NCc3ccccc3)c12. The molecule has 1 atom stereocenters. The Kier molecular flexibility index (Phi) is 4.67. The van der Waals surface area contributed by atoms with E-state index in [0.717, 1.165) is 46.5 Å². The largest absolute Gasteiger partial charge is 0.373 e. The van der Waals surface area contributed by atoms with Crippen LogP contribution in [0, 0.1) is 6.92 Å². The summed E-state index contributed by atoms with van der Waals surface area (Å²) in [5.74, 6) is 0.728. The maximum atomic E-state index is 6.16. The lowest BCUT2D eigenvalue weighted by Gasteiger charge is -2.10. The number of nitrogens with one attached hydrogen (secondary N) is 1. The van der Waals surface area contributed by atoms with Gasteiger partial charge >= 0.3 is 0 Å². The number of nitrogens with zero attached hydrogens (tertiary/aromatic N) is 3. The average Bonchev–Trinajstić information content (AvgIpc) is 3.21. The van der Waals surface area contributed by atoms with E-state index in [0.29, 0.717) is 6.54 Å². The normalized spacial score (nSPS) is 17.3. The molecular formula is C18H18BrClN4O. The summed E-state index contributed by atoms with van der Waals surface area (Å²) < 4.78 is 8.59. The second-order valence-electron chi connectivity index (χ2n) is 6.16. The van der Waals surface area contributed by atoms with Gasteiger partial charge in [-0.1, -0.05) is 30.3 Å². The monoisotopic (exact) mass is 420 g/mol. The van der Waals surface area contributed by atoms with Crippen molar-refractivity contribution in [1.82, 2.24) is 14.6 Å². The van der Waals surface area contributed by atoms with Gasteiger partial charge in [-0.25, -0.2) is 4.52 Å². The molecule has 1 aliphatic rings. The van der Waals surface area contributed by atoms with Crippen LogP contribution in [0.5, 0.6) is 0 Å². The van der Waals surface area contributed by atoms with Gasteiger partial charge in [0.15, 0.2) is 5.82 Å². The van der Waals surface area contributed by atoms with Crippen molar-refractivity contribution < 1.29 is 4.74 Å². The first-order chi connectivity index (χ1) is 12.1. The van der Waals surface area contributed by atoms with Crippen LogP contribution in [0.1, 0.15) is 35.6 Å². The highest BCUT2D eigenvalue weighted by molar-refractivity contribution is 9.10. The van der Waals surface area contributed by atoms with Gasteiger partial charge in [0.1, 0.15) is 10.1 Å². The van der Waals surface area contributed by atoms with Crippen LogP contribution in [-0.2, 0) is 11.3 Å². The molecule has 1 aliphatic heterocycles. The molecule has 25 heavy (non-hydrogen) atoms. The minimum Gasteiger partial charge on any atom is -0.373 e. The first kappa shape index (κ1) is 16.8. The number of aromatic nitrogens is 3. The summed E-state index contributed by atoms with van der Waals surface area (Å²) in [4.78, 5) is 4.42. The van der Waals surface area contributed by atoms with Crippen molar-refractivity contribution in [2.24, 2.45) is 0 Å². The highest BCUT2D eigenvalue weighted by Gasteiger charge is 2.28. The Hall–Kier alpha value is -1.63. The third kappa shape index (κ3) is 3.14. The van der Waals surface area contributed by atoms with Crippen LogP contribution in [0.15, 0.2) is 34.9 Å². The molecule has 1 aromatic carbocycles. The molecular weight excluding hydrogens is 404 g/mol. The molecule has 3 heterocycles. The molecule has 1 unspecified atom stereocenters. The molecule has 0 bridgehead atoms. The lowest BCUT2D eigenvalue weighted by atomic mass is 10.1. The Balaban J connectivity index is 1.77. The number of rotatable bonds is 4. The fourth-order valence-corrected chi connectivity index (χ4v) is 4.33. The Morgan fingerprint density at radius 1 is 1.36 bits per heavy atom. The number of hydrogen-bond donors (Lipinski definition) is 1. The van der Waals surface area contributed by atoms with Gasteiger partial charge in [-0.2, -0.15) is 4.98 Å². The molecule has 130 valence electrons. The molecule has 1 saturated heterocycles. The van der Waals surface area contributed by atoms with Crippen molar-refractivity contribution in [2.75, 3.05) is 11.9 Å². The predicted molar refractivity (Wildman–Crippen MR) is 102 cm³/mol. The molecule has 4 rings (SSSR count). The van der Waals surface area contributed by atoms with Crippen LogP contribution in [-0.4, -0.2) is 21.2 Å². The van der Waals surface area contributed by atoms with E-state index < -0.39 is 0 Å². The first-order valence-electron chi connectivity index (χ1n) is 8.29. The van der Waals surface area contributed by atoms with Crippen molar-refractivity contribution in [2.45, 2.75) is 32.4 Å². The number of benzene rings is 1. The minimum atomic E-state index is 0.0943. The van der Waals surface area contributed by atoms with E-state index in [-0.39, 0.29) is 11.4 Å². The van der Waals surface area contributed by atoms with Gasteiger partial charge in [0, 0.05) is 18.7 Å². The first-order valence-corrected chi connectivity index (χ1v) is 9.46. The van der Waals surface area contributed by atoms with Crippen molar-refractivity contribution >= 4 is 38.9 Å². The number of aryl methyl sites for hydroxylation is 1. The number of fused-ring (bicyclic) bond motifs is 1. The fourth-order valence-electron chi connectivity index (χ4n) is 3.36. The maximum absolute atomic E-state index is 6.16. The molecule has 0 spiro atoms. The molecule has 1 fully saturated rings. The number of hydrogen-bond acceptors (Lipinski definition) is 4. The Morgan fingerprint density at radius 3 is 2.88 bits per heavy atom. The predicted octanol–water partition coefficient (Wildman–Crippen LogP) is 4.92. The Bertz CT molecular complexity index is 907. The van der Waals surface area contributed by atoms with Crippen molar-refractivity contribution in [3.05, 3.63) is 56.9 Å². The summed E-state index contributed by atoms with van der Waals surface area (Å²) in [5.41, 5.74) is 4.36. The number of halogens is 2. The second kappa shape index (κ2) is 6.94. The van der Waals surface area contributed by atoms with Crippen molar-refractivity contribution in [3.63, 3.8) is 0 Å². The summed E-state index contributed by atoms with van der Waals surface area (Å²) >= 11 is 9.85. The number of ether oxygens (including phenoxy) is 1. The highest BCUT2D eigenvalue weighted by atomic mass is 79.9. The van der Waals surface area contributed by atoms with Crippen LogP contribution in [0.3, 0.4) is 0 Å². The van der Waals surface area contributed by atoms with Crippen molar-refractivity contribution in [1.29, 1.82) is 0 Å². The summed E-state index contributed by atoms with van der Waals surface area (Å²) in [6.45, 7) is 3.55. The lowest BCUT2D eigenvalue weighted by Crippen LogP contribution is -2.06. The van der Waals surface area contributed by atoms with Crippen LogP contribution in [0.4, 0.5) is 5.82 Å². The second-order valence-corrected chi connectivity index (χ2v) is 7.25. The van der Waals surface area contributed by atoms with E-state index in [1.54, 1.807) is 0 Å². The van der Waals surface area contributed by atoms with Gasteiger partial charge in [0.2, 0.25) is 5.28 Å². The molecule has 7 heteroatoms.